The molecule has 0 amide bonds. The number of unbranched alkanes of at least 4 members (excludes halogenated alkanes) is 1. The van der Waals surface area contributed by atoms with Crippen LogP contribution in [0.4, 0.5) is 4.39 Å². The van der Waals surface area contributed by atoms with E-state index in [1.165, 1.54) is 18.9 Å². The van der Waals surface area contributed by atoms with Crippen LogP contribution in [0.5, 0.6) is 0 Å². The van der Waals surface area contributed by atoms with Gasteiger partial charge in [0.05, 0.1) is 0 Å². The zero-order chi connectivity index (χ0) is 10.0. The maximum atomic E-state index is 13.5. The van der Waals surface area contributed by atoms with Crippen LogP contribution in [0.1, 0.15) is 44.6 Å². The van der Waals surface area contributed by atoms with Crippen molar-refractivity contribution in [1.82, 2.24) is 0 Å². The van der Waals surface area contributed by atoms with Crippen molar-refractivity contribution >= 4 is 0 Å². The molecule has 0 aliphatic heterocycles. The zero-order valence-corrected chi connectivity index (χ0v) is 8.65. The van der Waals surface area contributed by atoms with Crippen LogP contribution in [-0.2, 0) is 5.41 Å². The van der Waals surface area contributed by atoms with E-state index in [0.29, 0.717) is 0 Å². The van der Waals surface area contributed by atoms with Crippen molar-refractivity contribution in [3.63, 3.8) is 0 Å². The summed E-state index contributed by atoms with van der Waals surface area (Å²) in [6.07, 6.45) is 5.87. The van der Waals surface area contributed by atoms with E-state index in [1.807, 2.05) is 12.1 Å². The Hall–Kier alpha value is -0.850. The molecule has 0 saturated heterocycles. The maximum absolute atomic E-state index is 13.5. The predicted octanol–water partition coefficient (Wildman–Crippen LogP) is 3.85. The molecule has 1 aliphatic rings. The molecule has 0 atom stereocenters. The first-order valence-electron chi connectivity index (χ1n) is 5.44. The second-order valence-electron chi connectivity index (χ2n) is 4.29. The molecule has 1 heteroatoms. The molecule has 0 bridgehead atoms. The summed E-state index contributed by atoms with van der Waals surface area (Å²) in [6.45, 7) is 2.19. The second kappa shape index (κ2) is 3.72. The van der Waals surface area contributed by atoms with Crippen molar-refractivity contribution in [2.45, 2.75) is 44.4 Å². The summed E-state index contributed by atoms with van der Waals surface area (Å²) >= 11 is 0. The normalized spacial score (nSPS) is 18.1. The fourth-order valence-electron chi connectivity index (χ4n) is 2.16. The third-order valence-corrected chi connectivity index (χ3v) is 3.25. The van der Waals surface area contributed by atoms with Crippen molar-refractivity contribution in [2.75, 3.05) is 0 Å². The van der Waals surface area contributed by atoms with Crippen molar-refractivity contribution in [3.05, 3.63) is 35.6 Å². The molecule has 1 saturated carbocycles. The summed E-state index contributed by atoms with van der Waals surface area (Å²) in [5, 5.41) is 0. The summed E-state index contributed by atoms with van der Waals surface area (Å²) in [5.41, 5.74) is 1.11. The Morgan fingerprint density at radius 1 is 1.50 bits per heavy atom. The Bertz CT molecular complexity index is 313. The van der Waals surface area contributed by atoms with Gasteiger partial charge in [0.25, 0.3) is 0 Å². The van der Waals surface area contributed by atoms with Crippen LogP contribution < -0.4 is 0 Å². The molecule has 14 heavy (non-hydrogen) atoms. The Morgan fingerprint density at radius 2 is 2.29 bits per heavy atom. The number of halogens is 1. The van der Waals surface area contributed by atoms with E-state index in [2.05, 4.69) is 13.0 Å². The van der Waals surface area contributed by atoms with Gasteiger partial charge < -0.3 is 0 Å². The number of benzene rings is 1. The van der Waals surface area contributed by atoms with Crippen molar-refractivity contribution in [2.24, 2.45) is 0 Å². The lowest BCUT2D eigenvalue weighted by atomic mass is 9.90. The first-order valence-corrected chi connectivity index (χ1v) is 5.44. The summed E-state index contributed by atoms with van der Waals surface area (Å²) in [4.78, 5) is 0. The van der Waals surface area contributed by atoms with E-state index < -0.39 is 0 Å². The molecule has 1 radical (unpaired) electrons. The van der Waals surface area contributed by atoms with E-state index in [4.69, 9.17) is 0 Å². The topological polar surface area (TPSA) is 0 Å². The van der Waals surface area contributed by atoms with Gasteiger partial charge in [-0.1, -0.05) is 31.9 Å². The summed E-state index contributed by atoms with van der Waals surface area (Å²) < 4.78 is 13.5. The molecule has 0 N–H and O–H groups in total. The number of hydrogen-bond donors (Lipinski definition) is 0. The molecule has 1 aromatic rings. The smallest absolute Gasteiger partial charge is 0.127 e. The van der Waals surface area contributed by atoms with Gasteiger partial charge in [-0.3, -0.25) is 0 Å². The first kappa shape index (κ1) is 9.70. The minimum absolute atomic E-state index is 0.0684. The Balaban J connectivity index is 2.18. The van der Waals surface area contributed by atoms with Crippen molar-refractivity contribution < 1.29 is 4.39 Å². The number of rotatable bonds is 4. The average molecular weight is 191 g/mol. The van der Waals surface area contributed by atoms with E-state index in [0.717, 1.165) is 24.8 Å². The van der Waals surface area contributed by atoms with E-state index in [1.54, 1.807) is 0 Å². The molecular weight excluding hydrogens is 175 g/mol. The highest BCUT2D eigenvalue weighted by atomic mass is 19.1. The minimum Gasteiger partial charge on any atom is -0.207 e. The van der Waals surface area contributed by atoms with E-state index in [-0.39, 0.29) is 11.2 Å². The lowest BCUT2D eigenvalue weighted by molar-refractivity contribution is 0.527. The Labute approximate surface area is 85.1 Å². The van der Waals surface area contributed by atoms with Gasteiger partial charge >= 0.3 is 0 Å². The van der Waals surface area contributed by atoms with Gasteiger partial charge in [0, 0.05) is 0 Å². The summed E-state index contributed by atoms with van der Waals surface area (Å²) in [7, 11) is 0. The predicted molar refractivity (Wildman–Crippen MR) is 55.7 cm³/mol. The Kier molecular flexibility index (Phi) is 2.58. The molecule has 0 aromatic heterocycles. The van der Waals surface area contributed by atoms with Crippen LogP contribution in [0, 0.1) is 11.9 Å². The third-order valence-electron chi connectivity index (χ3n) is 3.25. The quantitative estimate of drug-likeness (QED) is 0.678. The fraction of sp³-hybridized carbons (Fsp3) is 0.538. The summed E-state index contributed by atoms with van der Waals surface area (Å²) in [5.74, 6) is -0.0684. The highest BCUT2D eigenvalue weighted by Crippen LogP contribution is 2.52. The Morgan fingerprint density at radius 3 is 2.86 bits per heavy atom. The van der Waals surface area contributed by atoms with E-state index >= 15 is 0 Å². The highest BCUT2D eigenvalue weighted by molar-refractivity contribution is 5.31. The third kappa shape index (κ3) is 1.68. The van der Waals surface area contributed by atoms with Gasteiger partial charge in [0.15, 0.2) is 0 Å². The van der Waals surface area contributed by atoms with Crippen molar-refractivity contribution in [1.29, 1.82) is 0 Å². The second-order valence-corrected chi connectivity index (χ2v) is 4.29. The maximum Gasteiger partial charge on any atom is 0.127 e. The van der Waals surface area contributed by atoms with Gasteiger partial charge in [-0.15, -0.1) is 0 Å². The van der Waals surface area contributed by atoms with Gasteiger partial charge in [-0.2, -0.15) is 0 Å². The standard InChI is InChI=1S/C13H16F/c1-2-3-8-13(9-10-13)11-6-4-5-7-12(11)14/h4,6-7H,2-3,8-10H2,1H3. The van der Waals surface area contributed by atoms with Gasteiger partial charge in [-0.05, 0) is 42.4 Å². The fourth-order valence-corrected chi connectivity index (χ4v) is 2.16. The SMILES string of the molecule is CCCCC1(c2cc[c]cc2F)CC1. The molecule has 0 heterocycles. The molecule has 0 nitrogen and oxygen atoms in total. The largest absolute Gasteiger partial charge is 0.207 e. The molecule has 75 valence electrons. The molecule has 1 fully saturated rings. The molecular formula is C13H16F. The highest BCUT2D eigenvalue weighted by Gasteiger charge is 2.44. The average Bonchev–Trinajstić information content (AvgIpc) is 2.97. The van der Waals surface area contributed by atoms with Gasteiger partial charge in [0.2, 0.25) is 0 Å². The van der Waals surface area contributed by atoms with Crippen LogP contribution in [0.2, 0.25) is 0 Å². The minimum atomic E-state index is -0.0684. The molecule has 1 aromatic carbocycles. The summed E-state index contributed by atoms with van der Waals surface area (Å²) in [6, 6.07) is 7.97. The molecule has 0 unspecified atom stereocenters. The molecule has 1 aliphatic carbocycles. The lowest BCUT2D eigenvalue weighted by Crippen LogP contribution is -2.08. The monoisotopic (exact) mass is 191 g/mol. The van der Waals surface area contributed by atoms with Gasteiger partial charge in [0.1, 0.15) is 5.82 Å². The van der Waals surface area contributed by atoms with Crippen LogP contribution in [0.15, 0.2) is 18.2 Å². The van der Waals surface area contributed by atoms with E-state index in [9.17, 15) is 4.39 Å². The van der Waals surface area contributed by atoms with Crippen LogP contribution in [-0.4, -0.2) is 0 Å². The lowest BCUT2D eigenvalue weighted by Gasteiger charge is -2.15. The zero-order valence-electron chi connectivity index (χ0n) is 8.65. The van der Waals surface area contributed by atoms with Crippen LogP contribution >= 0.6 is 0 Å². The number of hydrogen-bond acceptors (Lipinski definition) is 0. The van der Waals surface area contributed by atoms with Crippen LogP contribution in [0.25, 0.3) is 0 Å². The first-order chi connectivity index (χ1) is 6.78. The molecule has 2 rings (SSSR count). The molecule has 0 spiro atoms. The van der Waals surface area contributed by atoms with Crippen molar-refractivity contribution in [3.8, 4) is 0 Å². The van der Waals surface area contributed by atoms with Crippen LogP contribution in [0.3, 0.4) is 0 Å². The van der Waals surface area contributed by atoms with Gasteiger partial charge in [-0.25, -0.2) is 4.39 Å².